The summed E-state index contributed by atoms with van der Waals surface area (Å²) in [5, 5.41) is 14.3. The first-order valence-corrected chi connectivity index (χ1v) is 13.4. The number of methoxy groups -OCH3 is 1. The van der Waals surface area contributed by atoms with Gasteiger partial charge in [0.25, 0.3) is 5.91 Å². The Morgan fingerprint density at radius 3 is 2.50 bits per heavy atom. The van der Waals surface area contributed by atoms with Crippen LogP contribution in [0.25, 0.3) is 10.8 Å². The number of rotatable bonds is 7. The first kappa shape index (κ1) is 30.2. The molecule has 0 bridgehead atoms. The van der Waals surface area contributed by atoms with E-state index in [9.17, 15) is 24.3 Å². The lowest BCUT2D eigenvalue weighted by atomic mass is 10.0. The van der Waals surface area contributed by atoms with Crippen LogP contribution in [0.15, 0.2) is 54.6 Å². The molecule has 0 spiro atoms. The van der Waals surface area contributed by atoms with Crippen LogP contribution < -0.4 is 19.7 Å². The summed E-state index contributed by atoms with van der Waals surface area (Å²) in [6.07, 6.45) is -0.697. The molecular weight excluding hydrogens is 542 g/mol. The van der Waals surface area contributed by atoms with Crippen LogP contribution >= 0.6 is 0 Å². The third-order valence-corrected chi connectivity index (χ3v) is 6.97. The van der Waals surface area contributed by atoms with Gasteiger partial charge < -0.3 is 29.5 Å². The van der Waals surface area contributed by atoms with Gasteiger partial charge in [0.15, 0.2) is 5.75 Å². The highest BCUT2D eigenvalue weighted by molar-refractivity contribution is 6.04. The molecule has 2 atom stereocenters. The number of carbonyl (C=O) groups is 4. The summed E-state index contributed by atoms with van der Waals surface area (Å²) in [4.78, 5) is 54.5. The molecule has 0 saturated carbocycles. The van der Waals surface area contributed by atoms with E-state index >= 15 is 0 Å². The number of anilines is 1. The molecule has 0 aromatic heterocycles. The Bertz CT molecular complexity index is 1530. The Morgan fingerprint density at radius 1 is 1.12 bits per heavy atom. The molecule has 3 aromatic carbocycles. The van der Waals surface area contributed by atoms with Crippen LogP contribution in [-0.4, -0.2) is 72.3 Å². The van der Waals surface area contributed by atoms with Gasteiger partial charge in [-0.25, -0.2) is 9.59 Å². The Balaban J connectivity index is 1.71. The normalized spacial score (nSPS) is 15.6. The van der Waals surface area contributed by atoms with Crippen LogP contribution in [0.5, 0.6) is 11.5 Å². The van der Waals surface area contributed by atoms with E-state index in [1.165, 1.54) is 38.1 Å². The molecule has 2 N–H and O–H groups in total. The molecule has 0 fully saturated rings. The number of para-hydroxylation sites is 1. The summed E-state index contributed by atoms with van der Waals surface area (Å²) in [7, 11) is 2.96. The Kier molecular flexibility index (Phi) is 8.60. The van der Waals surface area contributed by atoms with Gasteiger partial charge in [-0.3, -0.25) is 14.5 Å². The predicted octanol–water partition coefficient (Wildman–Crippen LogP) is 4.21. The van der Waals surface area contributed by atoms with Crippen LogP contribution in [0.4, 0.5) is 10.5 Å². The predicted molar refractivity (Wildman–Crippen MR) is 156 cm³/mol. The van der Waals surface area contributed by atoms with Crippen molar-refractivity contribution in [1.82, 2.24) is 10.2 Å². The maximum Gasteiger partial charge on any atom is 0.410 e. The molecule has 3 aromatic rings. The van der Waals surface area contributed by atoms with Crippen molar-refractivity contribution < 1.29 is 38.5 Å². The molecule has 0 saturated heterocycles. The molecule has 1 aliphatic rings. The van der Waals surface area contributed by atoms with Crippen molar-refractivity contribution in [2.45, 2.75) is 51.9 Å². The zero-order chi connectivity index (χ0) is 30.8. The van der Waals surface area contributed by atoms with Gasteiger partial charge in [-0.1, -0.05) is 36.4 Å². The summed E-state index contributed by atoms with van der Waals surface area (Å²) in [6, 6.07) is 13.7. The van der Waals surface area contributed by atoms with Gasteiger partial charge in [-0.2, -0.15) is 0 Å². The van der Waals surface area contributed by atoms with E-state index in [1.54, 1.807) is 32.9 Å². The van der Waals surface area contributed by atoms with Crippen molar-refractivity contribution in [3.8, 4) is 11.5 Å². The number of amides is 3. The van der Waals surface area contributed by atoms with Crippen LogP contribution in [-0.2, 0) is 20.9 Å². The van der Waals surface area contributed by atoms with E-state index < -0.39 is 41.6 Å². The minimum atomic E-state index is -1.22. The van der Waals surface area contributed by atoms with Gasteiger partial charge in [-0.15, -0.1) is 0 Å². The Labute approximate surface area is 243 Å². The van der Waals surface area contributed by atoms with Gasteiger partial charge in [0.05, 0.1) is 19.3 Å². The number of likely N-dealkylation sites (N-methyl/N-ethyl adjacent to an activating group) is 1. The molecule has 3 amide bonds. The number of carboxylic acid groups (broad SMARTS) is 1. The number of carboxylic acids is 1. The van der Waals surface area contributed by atoms with Crippen molar-refractivity contribution in [1.29, 1.82) is 0 Å². The second-order valence-electron chi connectivity index (χ2n) is 11.0. The van der Waals surface area contributed by atoms with Crippen LogP contribution in [0, 0.1) is 0 Å². The van der Waals surface area contributed by atoms with Crippen molar-refractivity contribution >= 4 is 40.3 Å². The minimum absolute atomic E-state index is 0.00251. The van der Waals surface area contributed by atoms with Crippen molar-refractivity contribution in [3.05, 3.63) is 65.7 Å². The molecule has 1 heterocycles. The number of hydrogen-bond acceptors (Lipinski definition) is 7. The number of aromatic carboxylic acids is 1. The average molecular weight is 578 g/mol. The van der Waals surface area contributed by atoms with E-state index in [2.05, 4.69) is 5.32 Å². The van der Waals surface area contributed by atoms with Crippen molar-refractivity contribution in [2.75, 3.05) is 25.7 Å². The fourth-order valence-electron chi connectivity index (χ4n) is 4.66. The molecule has 0 unspecified atom stereocenters. The molecule has 222 valence electrons. The second-order valence-corrected chi connectivity index (χ2v) is 11.0. The maximum atomic E-state index is 14.1. The number of benzene rings is 3. The summed E-state index contributed by atoms with van der Waals surface area (Å²) in [6.45, 7) is 6.34. The number of fused-ring (bicyclic) bond motifs is 2. The van der Waals surface area contributed by atoms with Gasteiger partial charge >= 0.3 is 12.1 Å². The lowest BCUT2D eigenvalue weighted by molar-refractivity contribution is -0.130. The largest absolute Gasteiger partial charge is 0.496 e. The molecular formula is C31H35N3O8. The van der Waals surface area contributed by atoms with Crippen LogP contribution in [0.2, 0.25) is 0 Å². The summed E-state index contributed by atoms with van der Waals surface area (Å²) in [5.74, 6) is -1.81. The highest BCUT2D eigenvalue weighted by Crippen LogP contribution is 2.38. The number of carbonyl (C=O) groups excluding carboxylic acids is 3. The average Bonchev–Trinajstić information content (AvgIpc) is 3.07. The number of ether oxygens (including phenoxy) is 3. The van der Waals surface area contributed by atoms with E-state index in [0.717, 1.165) is 15.7 Å². The Hall–Kier alpha value is -4.80. The van der Waals surface area contributed by atoms with Crippen molar-refractivity contribution in [3.63, 3.8) is 0 Å². The number of nitrogens with one attached hydrogen (secondary N) is 1. The van der Waals surface area contributed by atoms with E-state index in [0.29, 0.717) is 11.3 Å². The SMILES string of the molecule is COc1ccc2ccccc2c1CN1C(=O)[C@@H](NC(=O)[C@H](C)N(C)C(=O)OC(C)(C)C)COc2c(C(=O)O)cccc21. The minimum Gasteiger partial charge on any atom is -0.496 e. The van der Waals surface area contributed by atoms with Crippen LogP contribution in [0.3, 0.4) is 0 Å². The van der Waals surface area contributed by atoms with E-state index in [1.807, 2.05) is 30.3 Å². The highest BCUT2D eigenvalue weighted by atomic mass is 16.6. The number of nitrogens with zero attached hydrogens (tertiary/aromatic N) is 2. The zero-order valence-electron chi connectivity index (χ0n) is 24.5. The standard InChI is InChI=1S/C31H35N3O8/c1-18(33(5)30(39)42-31(2,3)4)27(35)32-23-17-41-26-21(29(37)38)12-9-13-24(26)34(28(23)36)16-22-20-11-8-7-10-19(20)14-15-25(22)40-6/h7-15,18,23H,16-17H2,1-6H3,(H,32,35)(H,37,38)/t18-,23-/m0/s1. The van der Waals surface area contributed by atoms with E-state index in [4.69, 9.17) is 14.2 Å². The zero-order valence-corrected chi connectivity index (χ0v) is 24.5. The summed E-state index contributed by atoms with van der Waals surface area (Å²) >= 11 is 0. The second kappa shape index (κ2) is 12.0. The van der Waals surface area contributed by atoms with Gasteiger partial charge in [-0.05, 0) is 56.7 Å². The molecule has 11 nitrogen and oxygen atoms in total. The third kappa shape index (κ3) is 6.24. The molecule has 0 aliphatic carbocycles. The molecule has 11 heteroatoms. The summed E-state index contributed by atoms with van der Waals surface area (Å²) < 4.78 is 16.9. The smallest absolute Gasteiger partial charge is 0.410 e. The molecule has 4 rings (SSSR count). The highest BCUT2D eigenvalue weighted by Gasteiger charge is 2.37. The third-order valence-electron chi connectivity index (χ3n) is 6.97. The van der Waals surface area contributed by atoms with Crippen LogP contribution in [0.1, 0.15) is 43.6 Å². The fraction of sp³-hybridized carbons (Fsp3) is 0.355. The fourth-order valence-corrected chi connectivity index (χ4v) is 4.66. The topological polar surface area (TPSA) is 135 Å². The molecule has 1 aliphatic heterocycles. The summed E-state index contributed by atoms with van der Waals surface area (Å²) in [5.41, 5.74) is 0.0510. The van der Waals surface area contributed by atoms with E-state index in [-0.39, 0.29) is 30.2 Å². The quantitative estimate of drug-likeness (QED) is 0.427. The number of hydrogen-bond donors (Lipinski definition) is 2. The Morgan fingerprint density at radius 2 is 1.83 bits per heavy atom. The van der Waals surface area contributed by atoms with Gasteiger partial charge in [0, 0.05) is 12.6 Å². The maximum absolute atomic E-state index is 14.1. The lowest BCUT2D eigenvalue weighted by Crippen LogP contribution is -2.55. The van der Waals surface area contributed by atoms with Gasteiger partial charge in [0.1, 0.15) is 35.6 Å². The first-order chi connectivity index (χ1) is 19.8. The molecule has 0 radical (unpaired) electrons. The lowest BCUT2D eigenvalue weighted by Gasteiger charge is -2.30. The van der Waals surface area contributed by atoms with Crippen molar-refractivity contribution in [2.24, 2.45) is 0 Å². The monoisotopic (exact) mass is 577 g/mol. The van der Waals surface area contributed by atoms with Gasteiger partial charge in [0.2, 0.25) is 5.91 Å². The first-order valence-electron chi connectivity index (χ1n) is 13.4. The molecule has 42 heavy (non-hydrogen) atoms.